The number of nitrogens with one attached hydrogen (secondary N) is 7. The number of benzene rings is 3. The first-order valence-corrected chi connectivity index (χ1v) is 23.6. The number of hydrogen-bond donors (Lipinski definition) is 13. The summed E-state index contributed by atoms with van der Waals surface area (Å²) >= 11 is 0. The predicted molar refractivity (Wildman–Crippen MR) is 272 cm³/mol. The minimum absolute atomic E-state index is 0.0366. The zero-order chi connectivity index (χ0) is 54.7. The second kappa shape index (κ2) is 30.9. The average molecular weight is 1030 g/mol. The van der Waals surface area contributed by atoms with E-state index in [0.29, 0.717) is 11.1 Å². The molecule has 25 heteroatoms. The van der Waals surface area contributed by atoms with Gasteiger partial charge in [-0.1, -0.05) is 68.4 Å². The van der Waals surface area contributed by atoms with Gasteiger partial charge in [0.2, 0.25) is 35.4 Å². The third-order valence-corrected chi connectivity index (χ3v) is 10.7. The fourth-order valence-corrected chi connectivity index (χ4v) is 7.10. The molecule has 0 bridgehead atoms. The van der Waals surface area contributed by atoms with Crippen molar-refractivity contribution in [1.82, 2.24) is 37.2 Å². The van der Waals surface area contributed by atoms with Gasteiger partial charge in [0, 0.05) is 32.9 Å². The molecule has 0 aliphatic rings. The van der Waals surface area contributed by atoms with E-state index in [4.69, 9.17) is 27.7 Å². The first kappa shape index (κ1) is 59.5. The number of aliphatic carboxylic acids is 1. The number of aliphatic imine (C=N–C) groups is 2. The smallest absolute Gasteiger partial charge is 0.326 e. The Balaban J connectivity index is 1.74. The van der Waals surface area contributed by atoms with Crippen LogP contribution in [-0.2, 0) is 51.2 Å². The van der Waals surface area contributed by atoms with Crippen molar-refractivity contribution in [2.75, 3.05) is 26.2 Å². The molecule has 0 spiro atoms. The number of hydrogen-bond acceptors (Lipinski definition) is 13. The Bertz CT molecular complexity index is 2460. The molecule has 3 aromatic carbocycles. The van der Waals surface area contributed by atoms with Crippen LogP contribution in [0, 0.1) is 5.92 Å². The Morgan fingerprint density at radius 1 is 0.568 bits per heavy atom. The number of carboxylic acids is 1. The molecule has 0 radical (unpaired) electrons. The van der Waals surface area contributed by atoms with Crippen molar-refractivity contribution >= 4 is 65.2 Å². The lowest BCUT2D eigenvalue weighted by atomic mass is 10.00. The van der Waals surface area contributed by atoms with E-state index in [9.17, 15) is 53.4 Å². The number of ether oxygens (including phenoxy) is 1. The van der Waals surface area contributed by atoms with Gasteiger partial charge in [0.15, 0.2) is 11.9 Å². The fourth-order valence-electron chi connectivity index (χ4n) is 7.10. The number of phenolic OH excluding ortho intramolecular Hbond substituents is 1. The number of nitrogens with zero attached hydrogens (tertiary/aromatic N) is 2. The summed E-state index contributed by atoms with van der Waals surface area (Å²) in [7, 11) is 0. The van der Waals surface area contributed by atoms with E-state index in [0.717, 1.165) is 6.92 Å². The first-order chi connectivity index (χ1) is 35.1. The molecule has 0 unspecified atom stereocenters. The van der Waals surface area contributed by atoms with Crippen LogP contribution >= 0.6 is 0 Å². The van der Waals surface area contributed by atoms with E-state index in [1.54, 1.807) is 50.2 Å². The maximum absolute atomic E-state index is 14.1. The van der Waals surface area contributed by atoms with Gasteiger partial charge >= 0.3 is 11.9 Å². The molecule has 25 nitrogen and oxygen atoms in total. The summed E-state index contributed by atoms with van der Waals surface area (Å²) in [6.07, 6.45) is 0.222. The summed E-state index contributed by atoms with van der Waals surface area (Å²) in [5.74, 6) is -8.31. The Morgan fingerprint density at radius 2 is 1.07 bits per heavy atom. The van der Waals surface area contributed by atoms with Crippen LogP contribution in [0.25, 0.3) is 0 Å². The normalized spacial score (nSPS) is 12.7. The molecule has 0 saturated carbocycles. The van der Waals surface area contributed by atoms with E-state index in [1.165, 1.54) is 42.5 Å². The van der Waals surface area contributed by atoms with Crippen LogP contribution in [0.15, 0.2) is 88.8 Å². The number of rotatable bonds is 30. The summed E-state index contributed by atoms with van der Waals surface area (Å²) in [6, 6.07) is 13.8. The second-order valence-corrected chi connectivity index (χ2v) is 17.3. The van der Waals surface area contributed by atoms with Crippen molar-refractivity contribution < 1.29 is 58.1 Å². The Morgan fingerprint density at radius 3 is 1.65 bits per heavy atom. The van der Waals surface area contributed by atoms with Crippen molar-refractivity contribution in [3.8, 4) is 11.5 Å². The van der Waals surface area contributed by atoms with Crippen LogP contribution in [0.1, 0.15) is 74.4 Å². The molecule has 17 N–H and O–H groups in total. The lowest BCUT2D eigenvalue weighted by molar-refractivity contribution is -0.142. The Hall–Kier alpha value is -8.77. The van der Waals surface area contributed by atoms with Crippen LogP contribution in [-0.4, -0.2) is 132 Å². The average Bonchev–Trinajstić information content (AvgIpc) is 3.34. The number of guanidine groups is 2. The molecule has 0 fully saturated rings. The zero-order valence-corrected chi connectivity index (χ0v) is 41.4. The number of carboxylic acid groups (broad SMARTS) is 1. The summed E-state index contributed by atoms with van der Waals surface area (Å²) in [6.45, 7) is 3.61. The van der Waals surface area contributed by atoms with Gasteiger partial charge in [0.1, 0.15) is 41.7 Å². The molecule has 74 heavy (non-hydrogen) atoms. The van der Waals surface area contributed by atoms with Crippen molar-refractivity contribution in [3.63, 3.8) is 0 Å². The quantitative estimate of drug-likeness (QED) is 0.0116. The number of amides is 7. The van der Waals surface area contributed by atoms with Gasteiger partial charge in [-0.25, -0.2) is 4.79 Å². The van der Waals surface area contributed by atoms with Crippen LogP contribution in [0.4, 0.5) is 0 Å². The lowest BCUT2D eigenvalue weighted by Crippen LogP contribution is -2.58. The molecule has 0 aliphatic heterocycles. The number of carbonyl (C=O) groups excluding carboxylic acids is 8. The minimum Gasteiger partial charge on any atom is -0.508 e. The molecular formula is C49H67N13O12. The molecule has 0 aromatic heterocycles. The van der Waals surface area contributed by atoms with E-state index >= 15 is 0 Å². The van der Waals surface area contributed by atoms with Gasteiger partial charge in [-0.3, -0.25) is 48.3 Å². The summed E-state index contributed by atoms with van der Waals surface area (Å²) in [4.78, 5) is 127. The van der Waals surface area contributed by atoms with Crippen LogP contribution in [0.2, 0.25) is 0 Å². The monoisotopic (exact) mass is 1030 g/mol. The number of phenols is 1. The molecule has 0 heterocycles. The summed E-state index contributed by atoms with van der Waals surface area (Å²) in [5, 5.41) is 37.4. The van der Waals surface area contributed by atoms with Gasteiger partial charge in [-0.2, -0.15) is 0 Å². The van der Waals surface area contributed by atoms with Crippen LogP contribution in [0.5, 0.6) is 11.5 Å². The lowest BCUT2D eigenvalue weighted by Gasteiger charge is -2.27. The van der Waals surface area contributed by atoms with Crippen molar-refractivity contribution in [2.45, 2.75) is 95.9 Å². The molecule has 0 aliphatic carbocycles. The Kier molecular flexibility index (Phi) is 24.8. The number of para-hydroxylation sites is 1. The molecular weight excluding hydrogens is 963 g/mol. The topological polar surface area (TPSA) is 416 Å². The molecule has 3 rings (SSSR count). The third-order valence-electron chi connectivity index (χ3n) is 10.7. The van der Waals surface area contributed by atoms with E-state index in [-0.39, 0.29) is 92.9 Å². The highest BCUT2D eigenvalue weighted by atomic mass is 16.5. The van der Waals surface area contributed by atoms with Gasteiger partial charge in [-0.15, -0.1) is 0 Å². The summed E-state index contributed by atoms with van der Waals surface area (Å²) < 4.78 is 5.15. The van der Waals surface area contributed by atoms with Gasteiger partial charge in [0.05, 0.1) is 18.7 Å². The molecule has 0 saturated heterocycles. The largest absolute Gasteiger partial charge is 0.508 e. The van der Waals surface area contributed by atoms with Gasteiger partial charge in [-0.05, 0) is 73.4 Å². The van der Waals surface area contributed by atoms with Crippen molar-refractivity contribution in [2.24, 2.45) is 38.8 Å². The zero-order valence-electron chi connectivity index (χ0n) is 41.4. The first-order valence-electron chi connectivity index (χ1n) is 23.6. The van der Waals surface area contributed by atoms with Gasteiger partial charge in [0.25, 0.3) is 5.91 Å². The molecule has 5 atom stereocenters. The highest BCUT2D eigenvalue weighted by molar-refractivity contribution is 6.01. The van der Waals surface area contributed by atoms with Crippen molar-refractivity contribution in [1.29, 1.82) is 0 Å². The maximum atomic E-state index is 14.1. The number of nitrogens with two attached hydrogens (primary N) is 4. The fraction of sp³-hybridized carbons (Fsp3) is 0.408. The Labute approximate surface area is 427 Å². The maximum Gasteiger partial charge on any atom is 0.326 e. The predicted octanol–water partition coefficient (Wildman–Crippen LogP) is -1.69. The highest BCUT2D eigenvalue weighted by Gasteiger charge is 2.32. The minimum atomic E-state index is -1.37. The SMILES string of the molecule is CC(=O)Oc1ccccc1C(=O)N[C@@H](Cc1ccc(O)cc1)C(=O)NCC(=O)NCC(=O)N[C@@H](Cc1ccccc1)C(=O)N[C@@H](CC(C)C)C(=O)N[C@@H](CCCN=C(N)N)C(=O)N[C@@H](CCCN=C(N)N)C(=O)O. The van der Waals surface area contributed by atoms with Crippen LogP contribution < -0.4 is 64.9 Å². The molecule has 400 valence electrons. The van der Waals surface area contributed by atoms with Crippen LogP contribution in [0.3, 0.4) is 0 Å². The molecule has 3 aromatic rings. The molecule has 7 amide bonds. The number of aromatic hydroxyl groups is 1. The summed E-state index contributed by atoms with van der Waals surface area (Å²) in [5.41, 5.74) is 22.7. The third kappa shape index (κ3) is 22.5. The van der Waals surface area contributed by atoms with E-state index < -0.39 is 96.6 Å². The second-order valence-electron chi connectivity index (χ2n) is 17.3. The van der Waals surface area contributed by atoms with E-state index in [2.05, 4.69) is 47.2 Å². The van der Waals surface area contributed by atoms with Gasteiger partial charge < -0.3 is 75.1 Å². The number of esters is 1. The highest BCUT2D eigenvalue weighted by Crippen LogP contribution is 2.19. The number of carbonyl (C=O) groups is 9. The van der Waals surface area contributed by atoms with Crippen molar-refractivity contribution in [3.05, 3.63) is 95.6 Å². The standard InChI is InChI=1S/C49H67N13O12/c1-28(2)23-36(45(70)59-34(14-9-21-54-48(50)51)44(69)60-35(47(72)73)15-10-22-55-49(52)53)62-46(71)38(24-30-11-5-4-6-12-30)58-41(66)27-56-40(65)26-57-43(68)37(25-31-17-19-32(64)20-18-31)61-42(67)33-13-7-8-16-39(33)74-29(3)63/h4-8,11-13,16-20,28,34-38,64H,9-10,14-15,21-27H2,1-3H3,(H,56,65)(H,57,68)(H,58,66)(H,59,70)(H,60,69)(H,61,67)(H,62,71)(H,72,73)(H4,50,51,54)(H4,52,53,55)/t34-,35-,36-,37-,38-/m0/s1. The van der Waals surface area contributed by atoms with E-state index in [1.807, 2.05) is 0 Å².